The number of guanidine groups is 1. The molecule has 0 heterocycles. The van der Waals surface area contributed by atoms with Gasteiger partial charge in [0.05, 0.1) is 19.1 Å². The lowest BCUT2D eigenvalue weighted by Crippen LogP contribution is -2.46. The second-order valence-corrected chi connectivity index (χ2v) is 7.32. The molecule has 0 aliphatic heterocycles. The normalized spacial score (nSPS) is 12.1. The minimum Gasteiger partial charge on any atom is -0.354 e. The molecule has 0 fully saturated rings. The molecule has 0 aromatic heterocycles. The van der Waals surface area contributed by atoms with Crippen molar-refractivity contribution >= 4 is 35.8 Å². The lowest BCUT2D eigenvalue weighted by Gasteiger charge is -2.31. The summed E-state index contributed by atoms with van der Waals surface area (Å²) in [6, 6.07) is 20.8. The highest BCUT2D eigenvalue weighted by Gasteiger charge is 2.18. The molecule has 0 aliphatic carbocycles. The van der Waals surface area contributed by atoms with Gasteiger partial charge in [0.1, 0.15) is 0 Å². The molecule has 0 radical (unpaired) electrons. The molecule has 0 saturated carbocycles. The Labute approximate surface area is 204 Å². The van der Waals surface area contributed by atoms with Gasteiger partial charge in [-0.2, -0.15) is 0 Å². The van der Waals surface area contributed by atoms with E-state index in [1.807, 2.05) is 24.3 Å². The Morgan fingerprint density at radius 3 is 2.06 bits per heavy atom. The molecule has 7 heteroatoms. The third kappa shape index (κ3) is 9.26. The van der Waals surface area contributed by atoms with Gasteiger partial charge in [-0.25, -0.2) is 4.99 Å². The quantitative estimate of drug-likeness (QED) is 0.277. The molecule has 6 nitrogen and oxygen atoms in total. The van der Waals surface area contributed by atoms with Gasteiger partial charge < -0.3 is 15.5 Å². The number of halogens is 1. The first-order valence-electron chi connectivity index (χ1n) is 10.6. The summed E-state index contributed by atoms with van der Waals surface area (Å²) >= 11 is 0. The van der Waals surface area contributed by atoms with Gasteiger partial charge in [-0.1, -0.05) is 74.5 Å². The number of hydrogen-bond donors (Lipinski definition) is 2. The summed E-state index contributed by atoms with van der Waals surface area (Å²) in [5, 5.41) is 6.64. The predicted octanol–water partition coefficient (Wildman–Crippen LogP) is 3.51. The SMILES string of the molecule is CCN(CC)C(CNC(=NCc1ccccc1)NCC(=O)N(C)C)c1ccccc1.I. The highest BCUT2D eigenvalue weighted by Crippen LogP contribution is 2.19. The summed E-state index contributed by atoms with van der Waals surface area (Å²) in [4.78, 5) is 20.8. The van der Waals surface area contributed by atoms with Crippen LogP contribution in [0, 0.1) is 0 Å². The van der Waals surface area contributed by atoms with Gasteiger partial charge in [0, 0.05) is 20.6 Å². The van der Waals surface area contributed by atoms with E-state index in [0.717, 1.165) is 18.7 Å². The third-order valence-electron chi connectivity index (χ3n) is 5.07. The van der Waals surface area contributed by atoms with Crippen molar-refractivity contribution in [1.29, 1.82) is 0 Å². The van der Waals surface area contributed by atoms with Crippen LogP contribution in [-0.4, -0.2) is 61.9 Å². The number of nitrogens with zero attached hydrogens (tertiary/aromatic N) is 3. The molecule has 0 aliphatic rings. The lowest BCUT2D eigenvalue weighted by molar-refractivity contribution is -0.127. The summed E-state index contributed by atoms with van der Waals surface area (Å²) < 4.78 is 0. The van der Waals surface area contributed by atoms with Crippen LogP contribution in [0.15, 0.2) is 65.7 Å². The summed E-state index contributed by atoms with van der Waals surface area (Å²) in [6.07, 6.45) is 0. The average molecular weight is 537 g/mol. The molecule has 1 atom stereocenters. The van der Waals surface area contributed by atoms with Gasteiger partial charge in [-0.3, -0.25) is 9.69 Å². The minimum absolute atomic E-state index is 0. The summed E-state index contributed by atoms with van der Waals surface area (Å²) in [5.41, 5.74) is 2.39. The van der Waals surface area contributed by atoms with Crippen LogP contribution in [0.25, 0.3) is 0 Å². The van der Waals surface area contributed by atoms with E-state index in [1.165, 1.54) is 5.56 Å². The first-order valence-corrected chi connectivity index (χ1v) is 10.6. The van der Waals surface area contributed by atoms with Crippen molar-refractivity contribution in [2.45, 2.75) is 26.4 Å². The van der Waals surface area contributed by atoms with Gasteiger partial charge in [0.2, 0.25) is 5.91 Å². The molecule has 0 bridgehead atoms. The molecule has 2 aromatic carbocycles. The van der Waals surface area contributed by atoms with Crippen LogP contribution in [0.3, 0.4) is 0 Å². The van der Waals surface area contributed by atoms with Crippen molar-refractivity contribution < 1.29 is 4.79 Å². The number of amides is 1. The molecule has 1 unspecified atom stereocenters. The van der Waals surface area contributed by atoms with Crippen LogP contribution in [0.2, 0.25) is 0 Å². The van der Waals surface area contributed by atoms with Crippen molar-refractivity contribution in [3.05, 3.63) is 71.8 Å². The molecule has 2 aromatic rings. The van der Waals surface area contributed by atoms with Crippen LogP contribution in [-0.2, 0) is 11.3 Å². The summed E-state index contributed by atoms with van der Waals surface area (Å²) in [7, 11) is 3.51. The van der Waals surface area contributed by atoms with Gasteiger partial charge >= 0.3 is 0 Å². The molecule has 2 N–H and O–H groups in total. The zero-order chi connectivity index (χ0) is 21.8. The number of carbonyl (C=O) groups is 1. The van der Waals surface area contributed by atoms with E-state index in [-0.39, 0.29) is 42.5 Å². The number of rotatable bonds is 10. The Hall–Kier alpha value is -2.13. The highest BCUT2D eigenvalue weighted by atomic mass is 127. The molecule has 2 rings (SSSR count). The maximum Gasteiger partial charge on any atom is 0.241 e. The van der Waals surface area contributed by atoms with Crippen LogP contribution in [0.5, 0.6) is 0 Å². The van der Waals surface area contributed by atoms with Crippen molar-refractivity contribution in [2.24, 2.45) is 4.99 Å². The fourth-order valence-corrected chi connectivity index (χ4v) is 3.24. The van der Waals surface area contributed by atoms with Crippen LogP contribution in [0.1, 0.15) is 31.0 Å². The van der Waals surface area contributed by atoms with E-state index in [0.29, 0.717) is 19.0 Å². The maximum absolute atomic E-state index is 12.1. The first kappa shape index (κ1) is 26.9. The number of benzene rings is 2. The molecule has 1 amide bonds. The molecular formula is C24H36IN5O. The Kier molecular flexibility index (Phi) is 12.8. The highest BCUT2D eigenvalue weighted by molar-refractivity contribution is 14.0. The number of aliphatic imine (C=N–C) groups is 1. The second-order valence-electron chi connectivity index (χ2n) is 7.32. The maximum atomic E-state index is 12.1. The number of likely N-dealkylation sites (N-methyl/N-ethyl adjacent to an activating group) is 2. The Balaban J connectivity index is 0.00000480. The topological polar surface area (TPSA) is 60.0 Å². The fraction of sp³-hybridized carbons (Fsp3) is 0.417. The zero-order valence-corrected chi connectivity index (χ0v) is 21.4. The zero-order valence-electron chi connectivity index (χ0n) is 19.0. The second kappa shape index (κ2) is 14.8. The molecule has 0 spiro atoms. The average Bonchev–Trinajstić information content (AvgIpc) is 2.78. The van der Waals surface area contributed by atoms with Gasteiger partial charge in [0.25, 0.3) is 0 Å². The predicted molar refractivity (Wildman–Crippen MR) is 140 cm³/mol. The number of carbonyl (C=O) groups excluding carboxylic acids is 1. The summed E-state index contributed by atoms with van der Waals surface area (Å²) in [6.45, 7) is 7.72. The van der Waals surface area contributed by atoms with Crippen molar-refractivity contribution in [2.75, 3.05) is 40.3 Å². The fourth-order valence-electron chi connectivity index (χ4n) is 3.24. The van der Waals surface area contributed by atoms with Gasteiger partial charge in [-0.15, -0.1) is 24.0 Å². The minimum atomic E-state index is 0. The Bertz CT molecular complexity index is 779. The van der Waals surface area contributed by atoms with Gasteiger partial charge in [-0.05, 0) is 24.2 Å². The molecule has 170 valence electrons. The standard InChI is InChI=1S/C24H35N5O.HI/c1-5-29(6-2)22(21-15-11-8-12-16-21)18-26-24(27-19-23(30)28(3)4)25-17-20-13-9-7-10-14-20;/h7-16,22H,5-6,17-19H2,1-4H3,(H2,25,26,27);1H. The molecular weight excluding hydrogens is 501 g/mol. The van der Waals surface area contributed by atoms with Crippen LogP contribution in [0.4, 0.5) is 0 Å². The molecule has 0 saturated heterocycles. The van der Waals surface area contributed by atoms with E-state index in [9.17, 15) is 4.79 Å². The van der Waals surface area contributed by atoms with E-state index < -0.39 is 0 Å². The smallest absolute Gasteiger partial charge is 0.241 e. The number of hydrogen-bond acceptors (Lipinski definition) is 3. The lowest BCUT2D eigenvalue weighted by atomic mass is 10.1. The Morgan fingerprint density at radius 2 is 1.52 bits per heavy atom. The van der Waals surface area contributed by atoms with Crippen molar-refractivity contribution in [3.8, 4) is 0 Å². The van der Waals surface area contributed by atoms with Crippen LogP contribution < -0.4 is 10.6 Å². The van der Waals surface area contributed by atoms with E-state index in [2.05, 4.69) is 65.8 Å². The van der Waals surface area contributed by atoms with Crippen LogP contribution >= 0.6 is 24.0 Å². The molecule has 31 heavy (non-hydrogen) atoms. The van der Waals surface area contributed by atoms with E-state index in [4.69, 9.17) is 4.99 Å². The van der Waals surface area contributed by atoms with E-state index >= 15 is 0 Å². The van der Waals surface area contributed by atoms with Crippen molar-refractivity contribution in [1.82, 2.24) is 20.4 Å². The third-order valence-corrected chi connectivity index (χ3v) is 5.07. The summed E-state index contributed by atoms with van der Waals surface area (Å²) in [5.74, 6) is 0.648. The monoisotopic (exact) mass is 537 g/mol. The Morgan fingerprint density at radius 1 is 0.935 bits per heavy atom. The van der Waals surface area contributed by atoms with Crippen molar-refractivity contribution in [3.63, 3.8) is 0 Å². The largest absolute Gasteiger partial charge is 0.354 e. The first-order chi connectivity index (χ1) is 14.5. The van der Waals surface area contributed by atoms with E-state index in [1.54, 1.807) is 19.0 Å². The van der Waals surface area contributed by atoms with Gasteiger partial charge in [0.15, 0.2) is 5.96 Å². The number of nitrogens with one attached hydrogen (secondary N) is 2.